The quantitative estimate of drug-likeness (QED) is 0.0247. The molecule has 1 rings (SSSR count). The van der Waals surface area contributed by atoms with E-state index in [1.165, 1.54) is 83.1 Å². The highest BCUT2D eigenvalue weighted by molar-refractivity contribution is 7.81. The van der Waals surface area contributed by atoms with Crippen molar-refractivity contribution in [3.05, 3.63) is 12.2 Å². The van der Waals surface area contributed by atoms with Gasteiger partial charge < -0.3 is 45.4 Å². The highest BCUT2D eigenvalue weighted by Gasteiger charge is 2.47. The van der Waals surface area contributed by atoms with Crippen molar-refractivity contribution < 1.29 is 63.9 Å². The first-order valence-electron chi connectivity index (χ1n) is 19.7. The highest BCUT2D eigenvalue weighted by atomic mass is 32.3. The molecule has 0 bridgehead atoms. The number of hydrogen-bond acceptors (Lipinski definition) is 14. The maximum absolute atomic E-state index is 12.9. The predicted octanol–water partition coefficient (Wildman–Crippen LogP) is 5.17. The molecule has 7 atom stereocenters. The lowest BCUT2D eigenvalue weighted by Crippen LogP contribution is -2.61. The van der Waals surface area contributed by atoms with Crippen molar-refractivity contribution in [3.8, 4) is 0 Å². The van der Waals surface area contributed by atoms with E-state index in [1.54, 1.807) is 6.08 Å². The van der Waals surface area contributed by atoms with E-state index in [0.29, 0.717) is 12.8 Å². The number of carbonyl (C=O) groups excluding carboxylic acids is 1. The lowest BCUT2D eigenvalue weighted by molar-refractivity contribution is -0.297. The fraction of sp³-hybridized carbons (Fsp3) is 0.917. The van der Waals surface area contributed by atoms with Crippen molar-refractivity contribution in [1.29, 1.82) is 0 Å². The maximum Gasteiger partial charge on any atom is 0.220 e. The van der Waals surface area contributed by atoms with E-state index in [9.17, 15) is 46.1 Å². The molecule has 1 aliphatic heterocycles. The van der Waals surface area contributed by atoms with Gasteiger partial charge in [-0.3, -0.25) is 13.2 Å². The first kappa shape index (κ1) is 52.7. The second kappa shape index (κ2) is 30.8. The number of quaternary nitrogens is 1. The molecular formula is C36H71N2O14S2-. The lowest BCUT2D eigenvalue weighted by Gasteiger charge is -2.42. The summed E-state index contributed by atoms with van der Waals surface area (Å²) in [5.41, 5.74) is 0. The number of aliphatic hydroxyl groups excluding tert-OH is 3. The zero-order chi connectivity index (χ0) is 39.5. The fourth-order valence-electron chi connectivity index (χ4n) is 6.17. The van der Waals surface area contributed by atoms with Crippen LogP contribution in [0.25, 0.3) is 0 Å². The Morgan fingerprint density at radius 2 is 1.24 bits per heavy atom. The van der Waals surface area contributed by atoms with E-state index in [4.69, 9.17) is 9.47 Å². The lowest BCUT2D eigenvalue weighted by atomic mass is 9.99. The van der Waals surface area contributed by atoms with E-state index in [2.05, 4.69) is 27.5 Å². The van der Waals surface area contributed by atoms with E-state index >= 15 is 0 Å². The second-order valence-corrected chi connectivity index (χ2v) is 16.1. The molecule has 2 unspecified atom stereocenters. The third-order valence-electron chi connectivity index (χ3n) is 9.26. The maximum atomic E-state index is 12.9. The predicted molar refractivity (Wildman–Crippen MR) is 203 cm³/mol. The Balaban J connectivity index is 0.0000281. The van der Waals surface area contributed by atoms with Gasteiger partial charge in [0, 0.05) is 6.42 Å². The number of unbranched alkanes of at least 4 members (excludes halogenated alkanes) is 19. The number of amides is 1. The zero-order valence-corrected chi connectivity index (χ0v) is 34.4. The van der Waals surface area contributed by atoms with Crippen molar-refractivity contribution in [2.24, 2.45) is 0 Å². The summed E-state index contributed by atoms with van der Waals surface area (Å²) >= 11 is 0. The van der Waals surface area contributed by atoms with Gasteiger partial charge in [-0.15, -0.1) is 0 Å². The number of rotatable bonds is 33. The van der Waals surface area contributed by atoms with Crippen LogP contribution in [-0.2, 0) is 43.4 Å². The van der Waals surface area contributed by atoms with Crippen LogP contribution in [0.15, 0.2) is 12.2 Å². The van der Waals surface area contributed by atoms with E-state index < -0.39 is 76.9 Å². The molecule has 0 aromatic carbocycles. The second-order valence-electron chi connectivity index (χ2n) is 14.0. The van der Waals surface area contributed by atoms with Gasteiger partial charge in [-0.05, 0) is 19.3 Å². The fourth-order valence-corrected chi connectivity index (χ4v) is 6.97. The summed E-state index contributed by atoms with van der Waals surface area (Å²) in [5.74, 6) is -0.356. The summed E-state index contributed by atoms with van der Waals surface area (Å²) in [5, 5.41) is 34.9. The van der Waals surface area contributed by atoms with Gasteiger partial charge in [0.1, 0.15) is 24.4 Å². The summed E-state index contributed by atoms with van der Waals surface area (Å²) in [7, 11) is -10.8. The van der Waals surface area contributed by atoms with Crippen molar-refractivity contribution in [1.82, 2.24) is 11.5 Å². The monoisotopic (exact) mass is 819 g/mol. The van der Waals surface area contributed by atoms with Crippen LogP contribution in [0.3, 0.4) is 0 Å². The Labute approximate surface area is 324 Å². The molecular weight excluding hydrogens is 749 g/mol. The summed E-state index contributed by atoms with van der Waals surface area (Å²) in [6.45, 7) is 2.76. The average molecular weight is 820 g/mol. The Kier molecular flexibility index (Phi) is 30.1. The zero-order valence-electron chi connectivity index (χ0n) is 32.8. The van der Waals surface area contributed by atoms with Crippen LogP contribution >= 0.6 is 0 Å². The molecule has 1 aliphatic rings. The third kappa shape index (κ3) is 26.5. The van der Waals surface area contributed by atoms with Crippen molar-refractivity contribution in [3.63, 3.8) is 0 Å². The molecule has 0 saturated carbocycles. The highest BCUT2D eigenvalue weighted by Crippen LogP contribution is 2.26. The van der Waals surface area contributed by atoms with Gasteiger partial charge in [0.05, 0.1) is 25.4 Å². The summed E-state index contributed by atoms with van der Waals surface area (Å²) in [6, 6.07) is -1.07. The largest absolute Gasteiger partial charge is 0.726 e. The SMILES string of the molecule is CCCCCCCCCCCCC/C=C/[C@@H](O)[C@H](CO[C@@H]1OC(COS(=O)(=O)[O-])[C@H](O)[C@H](OS(=O)(=O)[O-])C1O)NC(=O)CCCCCCCCCCC.[NH4+]. The molecule has 1 heterocycles. The van der Waals surface area contributed by atoms with E-state index in [-0.39, 0.29) is 18.5 Å². The number of nitrogens with one attached hydrogen (secondary N) is 1. The number of carbonyl (C=O) groups is 1. The van der Waals surface area contributed by atoms with Gasteiger partial charge in [0.25, 0.3) is 0 Å². The summed E-state index contributed by atoms with van der Waals surface area (Å²) in [4.78, 5) is 12.9. The summed E-state index contributed by atoms with van der Waals surface area (Å²) in [6.07, 6.45) is 15.7. The van der Waals surface area contributed by atoms with Crippen molar-refractivity contribution >= 4 is 26.7 Å². The van der Waals surface area contributed by atoms with Crippen LogP contribution < -0.4 is 11.5 Å². The standard InChI is InChI=1S/C36H69NO14S2.H3N/c1-3-5-7-9-11-13-14-15-16-18-19-21-23-25-30(38)29(37-32(39)26-24-22-20-17-12-10-8-6-4-2)27-48-36-34(41)35(51-53(45,46)47)33(40)31(50-36)28-49-52(42,43)44;/h23,25,29-31,33-36,38,40-41H,3-22,24,26-28H2,1-2H3,(H,37,39)(H,42,43,44)(H,45,46,47);1H3/p-1/b25-23+;/t29-,30+,31?,33-,34?,35-,36+;/m0./s1. The number of allylic oxidation sites excluding steroid dienone is 1. The van der Waals surface area contributed by atoms with Gasteiger partial charge in [-0.25, -0.2) is 16.8 Å². The molecule has 16 nitrogen and oxygen atoms in total. The Morgan fingerprint density at radius 3 is 1.72 bits per heavy atom. The first-order valence-corrected chi connectivity index (χ1v) is 22.4. The van der Waals surface area contributed by atoms with Crippen molar-refractivity contribution in [2.45, 2.75) is 198 Å². The topological polar surface area (TPSA) is 278 Å². The Bertz CT molecular complexity index is 1190. The molecule has 0 radical (unpaired) electrons. The molecule has 0 aromatic rings. The third-order valence-corrected chi connectivity index (χ3v) is 10.1. The molecule has 1 amide bonds. The molecule has 0 aliphatic carbocycles. The van der Waals surface area contributed by atoms with E-state index in [1.807, 2.05) is 0 Å². The van der Waals surface area contributed by atoms with Gasteiger partial charge >= 0.3 is 0 Å². The van der Waals surface area contributed by atoms with Crippen molar-refractivity contribution in [2.75, 3.05) is 13.2 Å². The molecule has 0 aromatic heterocycles. The molecule has 322 valence electrons. The van der Waals surface area contributed by atoms with Gasteiger partial charge in [0.2, 0.25) is 26.7 Å². The van der Waals surface area contributed by atoms with Crippen LogP contribution in [0, 0.1) is 0 Å². The van der Waals surface area contributed by atoms with Gasteiger partial charge in [-0.1, -0.05) is 142 Å². The normalized spacial score (nSPS) is 21.9. The Hall–Kier alpha value is -1.29. The minimum atomic E-state index is -5.50. The van der Waals surface area contributed by atoms with Crippen LogP contribution in [-0.4, -0.2) is 103 Å². The van der Waals surface area contributed by atoms with E-state index in [0.717, 1.165) is 44.9 Å². The van der Waals surface area contributed by atoms with Crippen LogP contribution in [0.4, 0.5) is 0 Å². The Morgan fingerprint density at radius 1 is 0.759 bits per heavy atom. The van der Waals surface area contributed by atoms with Crippen LogP contribution in [0.2, 0.25) is 0 Å². The van der Waals surface area contributed by atoms with Gasteiger partial charge in [-0.2, -0.15) is 0 Å². The molecule has 1 saturated heterocycles. The summed E-state index contributed by atoms with van der Waals surface area (Å²) < 4.78 is 86.3. The minimum Gasteiger partial charge on any atom is -0.726 e. The molecule has 18 heteroatoms. The molecule has 54 heavy (non-hydrogen) atoms. The number of ether oxygens (including phenoxy) is 2. The average Bonchev–Trinajstić information content (AvgIpc) is 3.09. The van der Waals surface area contributed by atoms with Gasteiger partial charge in [0.15, 0.2) is 6.29 Å². The number of aliphatic hydroxyl groups is 3. The first-order chi connectivity index (χ1) is 25.2. The smallest absolute Gasteiger partial charge is 0.220 e. The van der Waals surface area contributed by atoms with Crippen LogP contribution in [0.5, 0.6) is 0 Å². The molecule has 0 spiro atoms. The molecule has 1 fully saturated rings. The molecule has 8 N–H and O–H groups in total. The minimum absolute atomic E-state index is 0. The number of hydrogen-bond donors (Lipinski definition) is 5. The van der Waals surface area contributed by atoms with Crippen LogP contribution in [0.1, 0.15) is 155 Å².